The average molecular weight is 250 g/mol. The van der Waals surface area contributed by atoms with Gasteiger partial charge in [-0.1, -0.05) is 0 Å². The summed E-state index contributed by atoms with van der Waals surface area (Å²) >= 11 is 0. The Morgan fingerprint density at radius 1 is 1.44 bits per heavy atom. The number of carbonyl (C=O) groups excluding carboxylic acids is 1. The first-order valence-electron chi connectivity index (χ1n) is 6.12. The fourth-order valence-electron chi connectivity index (χ4n) is 1.97. The fraction of sp³-hybridized carbons (Fsp3) is 0.462. The van der Waals surface area contributed by atoms with Crippen molar-refractivity contribution in [1.29, 1.82) is 0 Å². The number of benzene rings is 1. The van der Waals surface area contributed by atoms with Gasteiger partial charge < -0.3 is 20.5 Å². The Morgan fingerprint density at radius 2 is 2.28 bits per heavy atom. The van der Waals surface area contributed by atoms with Crippen LogP contribution in [0, 0.1) is 0 Å². The van der Waals surface area contributed by atoms with E-state index in [-0.39, 0.29) is 12.5 Å². The van der Waals surface area contributed by atoms with Crippen molar-refractivity contribution in [3.63, 3.8) is 0 Å². The highest BCUT2D eigenvalue weighted by Gasteiger charge is 2.19. The second-order valence-electron chi connectivity index (χ2n) is 4.23. The summed E-state index contributed by atoms with van der Waals surface area (Å²) in [5, 5.41) is 14.7. The predicted molar refractivity (Wildman–Crippen MR) is 70.1 cm³/mol. The number of hydrogen-bond donors (Lipinski definition) is 3. The second kappa shape index (κ2) is 5.73. The van der Waals surface area contributed by atoms with E-state index >= 15 is 0 Å². The molecule has 0 saturated heterocycles. The molecular formula is C13H18N2O3. The number of fused-ring (bicyclic) bond motifs is 1. The van der Waals surface area contributed by atoms with Gasteiger partial charge in [0.25, 0.3) is 0 Å². The second-order valence-corrected chi connectivity index (χ2v) is 4.23. The Hall–Kier alpha value is -1.75. The Labute approximate surface area is 106 Å². The highest BCUT2D eigenvalue weighted by molar-refractivity contribution is 5.96. The molecule has 0 saturated carbocycles. The van der Waals surface area contributed by atoms with E-state index in [0.29, 0.717) is 25.2 Å². The molecule has 0 radical (unpaired) electrons. The summed E-state index contributed by atoms with van der Waals surface area (Å²) in [4.78, 5) is 11.4. The number of carbonyl (C=O) groups is 1. The summed E-state index contributed by atoms with van der Waals surface area (Å²) in [6.45, 7) is 0.534. The lowest BCUT2D eigenvalue weighted by molar-refractivity contribution is -0.116. The Bertz CT molecular complexity index is 446. The molecule has 0 fully saturated rings. The SMILES string of the molecule is CNc1cc2c(c(OCCCO)c1)NC(=O)CC2. The zero-order chi connectivity index (χ0) is 13.0. The molecule has 1 aromatic rings. The van der Waals surface area contributed by atoms with Gasteiger partial charge in [-0.3, -0.25) is 4.79 Å². The number of aliphatic hydroxyl groups is 1. The molecule has 3 N–H and O–H groups in total. The Balaban J connectivity index is 2.27. The summed E-state index contributed by atoms with van der Waals surface area (Å²) < 4.78 is 5.62. The molecule has 1 aliphatic rings. The van der Waals surface area contributed by atoms with Crippen LogP contribution in [0.15, 0.2) is 12.1 Å². The number of ether oxygens (including phenoxy) is 1. The van der Waals surface area contributed by atoms with E-state index in [1.165, 1.54) is 0 Å². The van der Waals surface area contributed by atoms with Crippen LogP contribution < -0.4 is 15.4 Å². The van der Waals surface area contributed by atoms with Crippen LogP contribution in [-0.2, 0) is 11.2 Å². The van der Waals surface area contributed by atoms with Gasteiger partial charge in [0.2, 0.25) is 5.91 Å². The third-order valence-corrected chi connectivity index (χ3v) is 2.92. The van der Waals surface area contributed by atoms with Gasteiger partial charge in [-0.25, -0.2) is 0 Å². The van der Waals surface area contributed by atoms with E-state index in [2.05, 4.69) is 10.6 Å². The third kappa shape index (κ3) is 2.73. The van der Waals surface area contributed by atoms with Gasteiger partial charge in [0, 0.05) is 38.2 Å². The largest absolute Gasteiger partial charge is 0.491 e. The molecule has 18 heavy (non-hydrogen) atoms. The monoisotopic (exact) mass is 250 g/mol. The maximum Gasteiger partial charge on any atom is 0.224 e. The average Bonchev–Trinajstić information content (AvgIpc) is 2.39. The van der Waals surface area contributed by atoms with Crippen LogP contribution in [-0.4, -0.2) is 31.3 Å². The first-order chi connectivity index (χ1) is 8.74. The van der Waals surface area contributed by atoms with Gasteiger partial charge in [-0.05, 0) is 18.1 Å². The molecule has 1 amide bonds. The van der Waals surface area contributed by atoms with E-state index < -0.39 is 0 Å². The number of anilines is 2. The van der Waals surface area contributed by atoms with E-state index in [1.807, 2.05) is 19.2 Å². The van der Waals surface area contributed by atoms with Crippen LogP contribution >= 0.6 is 0 Å². The van der Waals surface area contributed by atoms with Crippen molar-refractivity contribution in [1.82, 2.24) is 0 Å². The van der Waals surface area contributed by atoms with Crippen LogP contribution in [0.1, 0.15) is 18.4 Å². The van der Waals surface area contributed by atoms with Gasteiger partial charge in [0.1, 0.15) is 5.75 Å². The summed E-state index contributed by atoms with van der Waals surface area (Å²) in [7, 11) is 1.85. The quantitative estimate of drug-likeness (QED) is 0.690. The van der Waals surface area contributed by atoms with Crippen molar-refractivity contribution in [3.05, 3.63) is 17.7 Å². The molecule has 1 aromatic carbocycles. The summed E-state index contributed by atoms with van der Waals surface area (Å²) in [5.41, 5.74) is 2.81. The van der Waals surface area contributed by atoms with Gasteiger partial charge in [0.15, 0.2) is 0 Å². The molecule has 2 rings (SSSR count). The molecule has 98 valence electrons. The molecule has 1 heterocycles. The minimum Gasteiger partial charge on any atom is -0.491 e. The van der Waals surface area contributed by atoms with Crippen molar-refractivity contribution in [2.24, 2.45) is 0 Å². The normalized spacial score (nSPS) is 13.8. The number of aliphatic hydroxyl groups excluding tert-OH is 1. The molecule has 0 bridgehead atoms. The van der Waals surface area contributed by atoms with Crippen molar-refractivity contribution in [2.45, 2.75) is 19.3 Å². The van der Waals surface area contributed by atoms with E-state index in [9.17, 15) is 4.79 Å². The van der Waals surface area contributed by atoms with Crippen molar-refractivity contribution in [2.75, 3.05) is 30.9 Å². The van der Waals surface area contributed by atoms with E-state index in [4.69, 9.17) is 9.84 Å². The van der Waals surface area contributed by atoms with E-state index in [0.717, 1.165) is 23.4 Å². The number of rotatable bonds is 5. The molecular weight excluding hydrogens is 232 g/mol. The standard InChI is InChI=1S/C13H18N2O3/c1-14-10-7-9-3-4-12(17)15-13(9)11(8-10)18-6-2-5-16/h7-8,14,16H,2-6H2,1H3,(H,15,17). The lowest BCUT2D eigenvalue weighted by atomic mass is 10.0. The minimum absolute atomic E-state index is 0.0201. The van der Waals surface area contributed by atoms with Crippen LogP contribution in [0.5, 0.6) is 5.75 Å². The van der Waals surface area contributed by atoms with Crippen molar-refractivity contribution >= 4 is 17.3 Å². The number of amides is 1. The zero-order valence-electron chi connectivity index (χ0n) is 10.5. The van der Waals surface area contributed by atoms with Gasteiger partial charge in [-0.2, -0.15) is 0 Å². The van der Waals surface area contributed by atoms with Gasteiger partial charge in [0.05, 0.1) is 12.3 Å². The Morgan fingerprint density at radius 3 is 3.00 bits per heavy atom. The molecule has 1 aliphatic heterocycles. The molecule has 0 unspecified atom stereocenters. The van der Waals surface area contributed by atoms with Gasteiger partial charge >= 0.3 is 0 Å². The first kappa shape index (κ1) is 12.7. The molecule has 0 atom stereocenters. The van der Waals surface area contributed by atoms with Crippen LogP contribution in [0.3, 0.4) is 0 Å². The van der Waals surface area contributed by atoms with Crippen molar-refractivity contribution < 1.29 is 14.6 Å². The van der Waals surface area contributed by atoms with Crippen LogP contribution in [0.2, 0.25) is 0 Å². The molecule has 0 aliphatic carbocycles. The zero-order valence-corrected chi connectivity index (χ0v) is 10.5. The third-order valence-electron chi connectivity index (χ3n) is 2.92. The highest BCUT2D eigenvalue weighted by Crippen LogP contribution is 2.35. The molecule has 5 heteroatoms. The summed E-state index contributed by atoms with van der Waals surface area (Å²) in [6.07, 6.45) is 1.82. The smallest absolute Gasteiger partial charge is 0.224 e. The number of hydrogen-bond acceptors (Lipinski definition) is 4. The highest BCUT2D eigenvalue weighted by atomic mass is 16.5. The number of aryl methyl sites for hydroxylation is 1. The number of nitrogens with one attached hydrogen (secondary N) is 2. The van der Waals surface area contributed by atoms with Gasteiger partial charge in [-0.15, -0.1) is 0 Å². The van der Waals surface area contributed by atoms with Crippen LogP contribution in [0.25, 0.3) is 0 Å². The lowest BCUT2D eigenvalue weighted by Crippen LogP contribution is -2.20. The maximum absolute atomic E-state index is 11.4. The van der Waals surface area contributed by atoms with Crippen LogP contribution in [0.4, 0.5) is 11.4 Å². The molecule has 5 nitrogen and oxygen atoms in total. The summed E-state index contributed by atoms with van der Waals surface area (Å²) in [5.74, 6) is 0.685. The maximum atomic E-state index is 11.4. The first-order valence-corrected chi connectivity index (χ1v) is 6.12. The topological polar surface area (TPSA) is 70.6 Å². The Kier molecular flexibility index (Phi) is 4.04. The fourth-order valence-corrected chi connectivity index (χ4v) is 1.97. The van der Waals surface area contributed by atoms with E-state index in [1.54, 1.807) is 0 Å². The van der Waals surface area contributed by atoms with Crippen molar-refractivity contribution in [3.8, 4) is 5.75 Å². The summed E-state index contributed by atoms with van der Waals surface area (Å²) in [6, 6.07) is 3.88. The molecule has 0 spiro atoms. The minimum atomic E-state index is 0.0201. The predicted octanol–water partition coefficient (Wildman–Crippen LogP) is 1.37. The molecule has 0 aromatic heterocycles. The lowest BCUT2D eigenvalue weighted by Gasteiger charge is -2.21.